The van der Waals surface area contributed by atoms with E-state index in [1.807, 2.05) is 30.3 Å². The van der Waals surface area contributed by atoms with Gasteiger partial charge in [0.1, 0.15) is 0 Å². The summed E-state index contributed by atoms with van der Waals surface area (Å²) in [5.41, 5.74) is 1.05. The van der Waals surface area contributed by atoms with Crippen LogP contribution in [0, 0.1) is 5.92 Å². The number of carbonyl (C=O) groups excluding carboxylic acids is 1. The molecule has 1 rings (SSSR count). The summed E-state index contributed by atoms with van der Waals surface area (Å²) in [5, 5.41) is 2.77. The standard InChI is InChI=1S/C16H26N2O3S/c1-14(2)9-11-17-16(19)13-18(22(3,20)21)12-10-15-7-5-4-6-8-15/h4-8,14H,9-13H2,1-3H3,(H,17,19). The molecule has 0 bridgehead atoms. The summed E-state index contributed by atoms with van der Waals surface area (Å²) in [6.07, 6.45) is 2.61. The van der Waals surface area contributed by atoms with Crippen LogP contribution in [0.1, 0.15) is 25.8 Å². The molecule has 0 spiro atoms. The van der Waals surface area contributed by atoms with Crippen molar-refractivity contribution < 1.29 is 13.2 Å². The van der Waals surface area contributed by atoms with Crippen molar-refractivity contribution in [2.75, 3.05) is 25.9 Å². The highest BCUT2D eigenvalue weighted by molar-refractivity contribution is 7.88. The molecule has 0 saturated carbocycles. The van der Waals surface area contributed by atoms with Crippen molar-refractivity contribution in [1.82, 2.24) is 9.62 Å². The van der Waals surface area contributed by atoms with Crippen LogP contribution in [0.3, 0.4) is 0 Å². The van der Waals surface area contributed by atoms with E-state index in [0.717, 1.165) is 18.2 Å². The molecule has 0 fully saturated rings. The van der Waals surface area contributed by atoms with Crippen LogP contribution in [-0.4, -0.2) is 44.5 Å². The maximum Gasteiger partial charge on any atom is 0.235 e. The molecule has 1 aromatic carbocycles. The lowest BCUT2D eigenvalue weighted by atomic mass is 10.1. The van der Waals surface area contributed by atoms with E-state index in [1.54, 1.807) is 0 Å². The van der Waals surface area contributed by atoms with E-state index in [2.05, 4.69) is 19.2 Å². The predicted octanol–water partition coefficient (Wildman–Crippen LogP) is 1.65. The first-order valence-electron chi connectivity index (χ1n) is 7.55. The molecule has 0 radical (unpaired) electrons. The Morgan fingerprint density at radius 1 is 1.23 bits per heavy atom. The van der Waals surface area contributed by atoms with Crippen molar-refractivity contribution in [2.45, 2.75) is 26.7 Å². The summed E-state index contributed by atoms with van der Waals surface area (Å²) in [4.78, 5) is 11.9. The van der Waals surface area contributed by atoms with Crippen LogP contribution < -0.4 is 5.32 Å². The molecule has 0 aliphatic carbocycles. The van der Waals surface area contributed by atoms with Crippen LogP contribution in [0.4, 0.5) is 0 Å². The third-order valence-electron chi connectivity index (χ3n) is 3.33. The van der Waals surface area contributed by atoms with Crippen molar-refractivity contribution in [3.63, 3.8) is 0 Å². The molecular weight excluding hydrogens is 300 g/mol. The van der Waals surface area contributed by atoms with Crippen LogP contribution in [0.5, 0.6) is 0 Å². The molecule has 1 amide bonds. The lowest BCUT2D eigenvalue weighted by molar-refractivity contribution is -0.121. The van der Waals surface area contributed by atoms with E-state index in [9.17, 15) is 13.2 Å². The number of hydrogen-bond donors (Lipinski definition) is 1. The molecule has 124 valence electrons. The minimum Gasteiger partial charge on any atom is -0.355 e. The van der Waals surface area contributed by atoms with Crippen molar-refractivity contribution in [3.8, 4) is 0 Å². The fraction of sp³-hybridized carbons (Fsp3) is 0.562. The van der Waals surface area contributed by atoms with Gasteiger partial charge in [-0.1, -0.05) is 44.2 Å². The van der Waals surface area contributed by atoms with Gasteiger partial charge in [0, 0.05) is 13.1 Å². The molecule has 1 aromatic rings. The molecular formula is C16H26N2O3S. The second-order valence-electron chi connectivity index (χ2n) is 5.86. The fourth-order valence-corrected chi connectivity index (χ4v) is 2.75. The highest BCUT2D eigenvalue weighted by Crippen LogP contribution is 2.05. The normalized spacial score (nSPS) is 11.9. The lowest BCUT2D eigenvalue weighted by Gasteiger charge is -2.19. The van der Waals surface area contributed by atoms with Gasteiger partial charge in [0.2, 0.25) is 15.9 Å². The average Bonchev–Trinajstić information content (AvgIpc) is 2.43. The van der Waals surface area contributed by atoms with Gasteiger partial charge in [-0.05, 0) is 24.3 Å². The van der Waals surface area contributed by atoms with Gasteiger partial charge in [-0.3, -0.25) is 4.79 Å². The molecule has 0 atom stereocenters. The maximum atomic E-state index is 11.9. The second-order valence-corrected chi connectivity index (χ2v) is 7.85. The second kappa shape index (κ2) is 8.90. The van der Waals surface area contributed by atoms with Gasteiger partial charge in [0.15, 0.2) is 0 Å². The van der Waals surface area contributed by atoms with E-state index >= 15 is 0 Å². The summed E-state index contributed by atoms with van der Waals surface area (Å²) in [6.45, 7) is 4.92. The zero-order chi connectivity index (χ0) is 16.6. The molecule has 22 heavy (non-hydrogen) atoms. The van der Waals surface area contributed by atoms with Crippen molar-refractivity contribution >= 4 is 15.9 Å². The number of nitrogens with zero attached hydrogens (tertiary/aromatic N) is 1. The van der Waals surface area contributed by atoms with Crippen molar-refractivity contribution in [3.05, 3.63) is 35.9 Å². The highest BCUT2D eigenvalue weighted by Gasteiger charge is 2.19. The molecule has 0 aliphatic rings. The SMILES string of the molecule is CC(C)CCNC(=O)CN(CCc1ccccc1)S(C)(=O)=O. The molecule has 0 unspecified atom stereocenters. The number of nitrogens with one attached hydrogen (secondary N) is 1. The van der Waals surface area contributed by atoms with Crippen LogP contribution >= 0.6 is 0 Å². The molecule has 0 aliphatic heterocycles. The Morgan fingerprint density at radius 2 is 1.86 bits per heavy atom. The largest absolute Gasteiger partial charge is 0.355 e. The number of amides is 1. The summed E-state index contributed by atoms with van der Waals surface area (Å²) in [6, 6.07) is 9.64. The van der Waals surface area contributed by atoms with Gasteiger partial charge in [-0.25, -0.2) is 8.42 Å². The van der Waals surface area contributed by atoms with Gasteiger partial charge in [-0.15, -0.1) is 0 Å². The summed E-state index contributed by atoms with van der Waals surface area (Å²) in [5.74, 6) is 0.253. The quantitative estimate of drug-likeness (QED) is 0.750. The van der Waals surface area contributed by atoms with E-state index in [-0.39, 0.29) is 12.5 Å². The van der Waals surface area contributed by atoms with Gasteiger partial charge in [-0.2, -0.15) is 4.31 Å². The Labute approximate surface area is 133 Å². The number of hydrogen-bond acceptors (Lipinski definition) is 3. The Morgan fingerprint density at radius 3 is 2.41 bits per heavy atom. The third-order valence-corrected chi connectivity index (χ3v) is 4.58. The number of rotatable bonds is 9. The summed E-state index contributed by atoms with van der Waals surface area (Å²) in [7, 11) is -3.40. The average molecular weight is 326 g/mol. The van der Waals surface area contributed by atoms with Crippen LogP contribution in [0.15, 0.2) is 30.3 Å². The predicted molar refractivity (Wildman–Crippen MR) is 89.0 cm³/mol. The molecule has 0 saturated heterocycles. The number of carbonyl (C=O) groups is 1. The Kier molecular flexibility index (Phi) is 7.55. The Hall–Kier alpha value is -1.40. The highest BCUT2D eigenvalue weighted by atomic mass is 32.2. The zero-order valence-electron chi connectivity index (χ0n) is 13.6. The maximum absolute atomic E-state index is 11.9. The molecule has 0 aromatic heterocycles. The monoisotopic (exact) mass is 326 g/mol. The Balaban J connectivity index is 2.53. The van der Waals surface area contributed by atoms with Crippen molar-refractivity contribution in [1.29, 1.82) is 0 Å². The Bertz CT molecular complexity index is 556. The van der Waals surface area contributed by atoms with E-state index in [0.29, 0.717) is 25.4 Å². The van der Waals surface area contributed by atoms with Gasteiger partial charge >= 0.3 is 0 Å². The van der Waals surface area contributed by atoms with Crippen LogP contribution in [-0.2, 0) is 21.2 Å². The number of sulfonamides is 1. The molecule has 1 N–H and O–H groups in total. The third kappa shape index (κ3) is 7.56. The molecule has 6 heteroatoms. The first-order valence-corrected chi connectivity index (χ1v) is 9.39. The molecule has 5 nitrogen and oxygen atoms in total. The van der Waals surface area contributed by atoms with Gasteiger partial charge in [0.25, 0.3) is 0 Å². The minimum atomic E-state index is -3.40. The van der Waals surface area contributed by atoms with Gasteiger partial charge in [0.05, 0.1) is 12.8 Å². The zero-order valence-corrected chi connectivity index (χ0v) is 14.4. The first kappa shape index (κ1) is 18.6. The van der Waals surface area contributed by atoms with Crippen LogP contribution in [0.2, 0.25) is 0 Å². The number of benzene rings is 1. The van der Waals surface area contributed by atoms with E-state index in [4.69, 9.17) is 0 Å². The minimum absolute atomic E-state index is 0.121. The van der Waals surface area contributed by atoms with E-state index < -0.39 is 10.0 Å². The summed E-state index contributed by atoms with van der Waals surface area (Å²) < 4.78 is 24.9. The smallest absolute Gasteiger partial charge is 0.235 e. The van der Waals surface area contributed by atoms with Crippen molar-refractivity contribution in [2.24, 2.45) is 5.92 Å². The lowest BCUT2D eigenvalue weighted by Crippen LogP contribution is -2.41. The van der Waals surface area contributed by atoms with E-state index in [1.165, 1.54) is 4.31 Å². The topological polar surface area (TPSA) is 66.5 Å². The molecule has 0 heterocycles. The summed E-state index contributed by atoms with van der Waals surface area (Å²) >= 11 is 0. The van der Waals surface area contributed by atoms with Crippen LogP contribution in [0.25, 0.3) is 0 Å². The first-order chi connectivity index (χ1) is 10.3. The fourth-order valence-electron chi connectivity index (χ4n) is 1.98. The van der Waals surface area contributed by atoms with Gasteiger partial charge < -0.3 is 5.32 Å².